The van der Waals surface area contributed by atoms with E-state index in [-0.39, 0.29) is 24.8 Å². The van der Waals surface area contributed by atoms with Crippen LogP contribution in [0.4, 0.5) is 4.39 Å². The second-order valence-corrected chi connectivity index (χ2v) is 5.18. The van der Waals surface area contributed by atoms with Crippen molar-refractivity contribution in [2.45, 2.75) is 6.92 Å². The molecule has 0 aliphatic carbocycles. The van der Waals surface area contributed by atoms with Crippen molar-refractivity contribution in [3.63, 3.8) is 0 Å². The molecule has 21 heavy (non-hydrogen) atoms. The number of Topliss-reactive ketones (excluding diaryl/α,β-unsaturated/α-hetero) is 1. The van der Waals surface area contributed by atoms with Gasteiger partial charge in [-0.3, -0.25) is 4.79 Å². The zero-order valence-corrected chi connectivity index (χ0v) is 13.0. The molecule has 0 saturated carbocycles. The van der Waals surface area contributed by atoms with Crippen LogP contribution in [0.1, 0.15) is 17.3 Å². The van der Waals surface area contributed by atoms with Gasteiger partial charge >= 0.3 is 0 Å². The molecule has 2 rings (SSSR count). The number of hydrogen-bond donors (Lipinski definition) is 0. The Hall–Kier alpha value is -1.88. The molecule has 0 amide bonds. The zero-order chi connectivity index (χ0) is 15.2. The fraction of sp³-hybridized carbons (Fsp3) is 0.188. The first-order valence-electron chi connectivity index (χ1n) is 6.38. The summed E-state index contributed by atoms with van der Waals surface area (Å²) < 4.78 is 24.6. The van der Waals surface area contributed by atoms with Crippen LogP contribution in [0.5, 0.6) is 11.5 Å². The minimum absolute atomic E-state index is 0.0542. The van der Waals surface area contributed by atoms with Crippen molar-refractivity contribution in [3.8, 4) is 11.5 Å². The van der Waals surface area contributed by atoms with E-state index >= 15 is 0 Å². The van der Waals surface area contributed by atoms with Gasteiger partial charge in [0.1, 0.15) is 30.5 Å². The standard InChI is InChI=1S/C16H14BrFO3/c1-11(19)13-4-2-3-5-16(13)21-9-8-20-12-6-7-14(17)15(18)10-12/h2-7,10H,8-9H2,1H3. The summed E-state index contributed by atoms with van der Waals surface area (Å²) in [5.74, 6) is 0.520. The lowest BCUT2D eigenvalue weighted by Crippen LogP contribution is -2.10. The number of carbonyl (C=O) groups excluding carboxylic acids is 1. The van der Waals surface area contributed by atoms with Crippen molar-refractivity contribution in [2.75, 3.05) is 13.2 Å². The zero-order valence-electron chi connectivity index (χ0n) is 11.4. The van der Waals surface area contributed by atoms with E-state index in [0.717, 1.165) is 0 Å². The summed E-state index contributed by atoms with van der Waals surface area (Å²) in [4.78, 5) is 11.4. The number of hydrogen-bond acceptors (Lipinski definition) is 3. The van der Waals surface area contributed by atoms with Gasteiger partial charge in [-0.2, -0.15) is 0 Å². The topological polar surface area (TPSA) is 35.5 Å². The molecule has 0 fully saturated rings. The van der Waals surface area contributed by atoms with E-state index < -0.39 is 0 Å². The highest BCUT2D eigenvalue weighted by Crippen LogP contribution is 2.21. The highest BCUT2D eigenvalue weighted by molar-refractivity contribution is 9.10. The lowest BCUT2D eigenvalue weighted by Gasteiger charge is -2.11. The maximum atomic E-state index is 13.3. The highest BCUT2D eigenvalue weighted by atomic mass is 79.9. The second-order valence-electron chi connectivity index (χ2n) is 4.33. The van der Waals surface area contributed by atoms with Gasteiger partial charge in [0.05, 0.1) is 10.0 Å². The van der Waals surface area contributed by atoms with Crippen LogP contribution < -0.4 is 9.47 Å². The molecule has 0 aliphatic heterocycles. The minimum atomic E-state index is -0.379. The predicted octanol–water partition coefficient (Wildman–Crippen LogP) is 4.25. The quantitative estimate of drug-likeness (QED) is 0.575. The van der Waals surface area contributed by atoms with Crippen LogP contribution in [0, 0.1) is 5.82 Å². The second kappa shape index (κ2) is 7.22. The van der Waals surface area contributed by atoms with E-state index in [1.54, 1.807) is 36.4 Å². The van der Waals surface area contributed by atoms with Gasteiger partial charge in [0.25, 0.3) is 0 Å². The highest BCUT2D eigenvalue weighted by Gasteiger charge is 2.07. The summed E-state index contributed by atoms with van der Waals surface area (Å²) in [5, 5.41) is 0. The Labute approximate surface area is 130 Å². The number of carbonyl (C=O) groups is 1. The summed E-state index contributed by atoms with van der Waals surface area (Å²) in [6.07, 6.45) is 0. The summed E-state index contributed by atoms with van der Waals surface area (Å²) in [7, 11) is 0. The Morgan fingerprint density at radius 3 is 2.57 bits per heavy atom. The predicted molar refractivity (Wildman–Crippen MR) is 81.5 cm³/mol. The Balaban J connectivity index is 1.87. The van der Waals surface area contributed by atoms with Crippen LogP contribution in [0.2, 0.25) is 0 Å². The third kappa shape index (κ3) is 4.29. The molecule has 0 unspecified atom stereocenters. The normalized spacial score (nSPS) is 10.2. The Bertz CT molecular complexity index is 643. The van der Waals surface area contributed by atoms with Gasteiger partial charge in [-0.05, 0) is 47.1 Å². The third-order valence-corrected chi connectivity index (χ3v) is 3.41. The number of ketones is 1. The molecule has 0 heterocycles. The largest absolute Gasteiger partial charge is 0.490 e. The fourth-order valence-electron chi connectivity index (χ4n) is 1.76. The van der Waals surface area contributed by atoms with Crippen LogP contribution in [0.3, 0.4) is 0 Å². The molecule has 0 atom stereocenters. The lowest BCUT2D eigenvalue weighted by atomic mass is 10.1. The van der Waals surface area contributed by atoms with Crippen molar-refractivity contribution >= 4 is 21.7 Å². The van der Waals surface area contributed by atoms with E-state index in [1.807, 2.05) is 0 Å². The average Bonchev–Trinajstić information content (AvgIpc) is 2.47. The summed E-state index contributed by atoms with van der Waals surface area (Å²) in [6.45, 7) is 2.01. The smallest absolute Gasteiger partial charge is 0.163 e. The molecule has 0 aromatic heterocycles. The van der Waals surface area contributed by atoms with Gasteiger partial charge in [0.2, 0.25) is 0 Å². The van der Waals surface area contributed by atoms with Crippen LogP contribution in [0.25, 0.3) is 0 Å². The molecule has 0 spiro atoms. The SMILES string of the molecule is CC(=O)c1ccccc1OCCOc1ccc(Br)c(F)c1. The molecule has 3 nitrogen and oxygen atoms in total. The van der Waals surface area contributed by atoms with Gasteiger partial charge in [-0.15, -0.1) is 0 Å². The van der Waals surface area contributed by atoms with Crippen molar-refractivity contribution in [2.24, 2.45) is 0 Å². The Kier molecular flexibility index (Phi) is 5.33. The number of halogens is 2. The number of para-hydroxylation sites is 1. The van der Waals surface area contributed by atoms with Gasteiger partial charge in [-0.1, -0.05) is 12.1 Å². The summed E-state index contributed by atoms with van der Waals surface area (Å²) in [5.41, 5.74) is 0.534. The third-order valence-electron chi connectivity index (χ3n) is 2.77. The van der Waals surface area contributed by atoms with Gasteiger partial charge < -0.3 is 9.47 Å². The van der Waals surface area contributed by atoms with Crippen molar-refractivity contribution in [1.29, 1.82) is 0 Å². The van der Waals surface area contributed by atoms with Gasteiger partial charge in [0, 0.05) is 6.07 Å². The molecule has 0 aliphatic rings. The molecular weight excluding hydrogens is 339 g/mol. The minimum Gasteiger partial charge on any atom is -0.490 e. The molecule has 0 saturated heterocycles. The van der Waals surface area contributed by atoms with E-state index in [0.29, 0.717) is 21.5 Å². The summed E-state index contributed by atoms with van der Waals surface area (Å²) >= 11 is 3.08. The molecule has 2 aromatic rings. The first-order valence-corrected chi connectivity index (χ1v) is 7.18. The Morgan fingerprint density at radius 2 is 1.86 bits per heavy atom. The molecule has 0 bridgehead atoms. The van der Waals surface area contributed by atoms with Crippen LogP contribution in [-0.2, 0) is 0 Å². The molecule has 110 valence electrons. The molecule has 0 radical (unpaired) electrons. The summed E-state index contributed by atoms with van der Waals surface area (Å²) in [6, 6.07) is 11.6. The van der Waals surface area contributed by atoms with Gasteiger partial charge in [-0.25, -0.2) is 4.39 Å². The van der Waals surface area contributed by atoms with E-state index in [4.69, 9.17) is 9.47 Å². The van der Waals surface area contributed by atoms with E-state index in [9.17, 15) is 9.18 Å². The molecular formula is C16H14BrFO3. The van der Waals surface area contributed by atoms with Crippen LogP contribution in [0.15, 0.2) is 46.9 Å². The van der Waals surface area contributed by atoms with Crippen molar-refractivity contribution in [3.05, 3.63) is 58.3 Å². The maximum absolute atomic E-state index is 13.3. The lowest BCUT2D eigenvalue weighted by molar-refractivity contribution is 0.101. The van der Waals surface area contributed by atoms with Gasteiger partial charge in [0.15, 0.2) is 5.78 Å². The van der Waals surface area contributed by atoms with Crippen molar-refractivity contribution < 1.29 is 18.7 Å². The molecule has 2 aromatic carbocycles. The number of rotatable bonds is 6. The molecule has 5 heteroatoms. The van der Waals surface area contributed by atoms with Crippen molar-refractivity contribution in [1.82, 2.24) is 0 Å². The Morgan fingerprint density at radius 1 is 1.14 bits per heavy atom. The number of benzene rings is 2. The first-order chi connectivity index (χ1) is 10.1. The first kappa shape index (κ1) is 15.5. The fourth-order valence-corrected chi connectivity index (χ4v) is 2.01. The molecule has 0 N–H and O–H groups in total. The monoisotopic (exact) mass is 352 g/mol. The maximum Gasteiger partial charge on any atom is 0.163 e. The van der Waals surface area contributed by atoms with E-state index in [2.05, 4.69) is 15.9 Å². The number of ether oxygens (including phenoxy) is 2. The van der Waals surface area contributed by atoms with E-state index in [1.165, 1.54) is 13.0 Å². The van der Waals surface area contributed by atoms with Crippen LogP contribution in [-0.4, -0.2) is 19.0 Å². The van der Waals surface area contributed by atoms with Crippen LogP contribution >= 0.6 is 15.9 Å². The average molecular weight is 353 g/mol.